The van der Waals surface area contributed by atoms with Gasteiger partial charge in [-0.15, -0.1) is 0 Å². The highest BCUT2D eigenvalue weighted by atomic mass is 16.2. The molecular formula is C25H33N3O. The summed E-state index contributed by atoms with van der Waals surface area (Å²) in [5, 5.41) is 7.46. The van der Waals surface area contributed by atoms with Crippen molar-refractivity contribution in [3.8, 4) is 0 Å². The second-order valence-electron chi connectivity index (χ2n) is 8.57. The van der Waals surface area contributed by atoms with Gasteiger partial charge in [0, 0.05) is 42.3 Å². The minimum atomic E-state index is -0.146. The quantitative estimate of drug-likeness (QED) is 0.505. The third kappa shape index (κ3) is 4.47. The van der Waals surface area contributed by atoms with Crippen LogP contribution in [-0.4, -0.2) is 17.1 Å². The molecule has 0 aliphatic heterocycles. The van der Waals surface area contributed by atoms with E-state index < -0.39 is 0 Å². The number of nitrogens with zero attached hydrogens (tertiary/aromatic N) is 1. The summed E-state index contributed by atoms with van der Waals surface area (Å²) >= 11 is 0. The number of rotatable bonds is 6. The zero-order valence-electron chi connectivity index (χ0n) is 18.4. The first-order valence-corrected chi connectivity index (χ1v) is 10.5. The third-order valence-corrected chi connectivity index (χ3v) is 5.64. The number of carbonyl (C=O) groups is 1. The molecule has 1 aromatic heterocycles. The molecule has 0 radical (unpaired) electrons. The molecule has 3 aromatic rings. The van der Waals surface area contributed by atoms with Crippen molar-refractivity contribution in [3.63, 3.8) is 0 Å². The summed E-state index contributed by atoms with van der Waals surface area (Å²) in [7, 11) is 2.06. The van der Waals surface area contributed by atoms with Gasteiger partial charge in [-0.25, -0.2) is 4.79 Å². The summed E-state index contributed by atoms with van der Waals surface area (Å²) in [6, 6.07) is 14.5. The van der Waals surface area contributed by atoms with Gasteiger partial charge in [-0.2, -0.15) is 0 Å². The first kappa shape index (κ1) is 21.0. The highest BCUT2D eigenvalue weighted by molar-refractivity contribution is 5.91. The predicted octanol–water partition coefficient (Wildman–Crippen LogP) is 6.35. The van der Waals surface area contributed by atoms with Crippen molar-refractivity contribution in [2.75, 3.05) is 11.9 Å². The van der Waals surface area contributed by atoms with Crippen LogP contribution in [0.1, 0.15) is 69.1 Å². The van der Waals surface area contributed by atoms with E-state index in [2.05, 4.69) is 106 Å². The zero-order valence-corrected chi connectivity index (χ0v) is 18.4. The van der Waals surface area contributed by atoms with E-state index in [-0.39, 0.29) is 11.9 Å². The smallest absolute Gasteiger partial charge is 0.319 e. The lowest BCUT2D eigenvalue weighted by atomic mass is 9.93. The molecule has 0 saturated heterocycles. The fraction of sp³-hybridized carbons (Fsp3) is 0.400. The second kappa shape index (κ2) is 8.73. The number of hydrogen-bond donors (Lipinski definition) is 2. The van der Waals surface area contributed by atoms with Gasteiger partial charge in [0.1, 0.15) is 0 Å². The van der Waals surface area contributed by atoms with E-state index in [4.69, 9.17) is 0 Å². The average molecular weight is 392 g/mol. The molecule has 0 saturated carbocycles. The highest BCUT2D eigenvalue weighted by Crippen LogP contribution is 2.32. The molecule has 0 bridgehead atoms. The van der Waals surface area contributed by atoms with Crippen molar-refractivity contribution < 1.29 is 4.79 Å². The molecule has 1 unspecified atom stereocenters. The molecular weight excluding hydrogens is 358 g/mol. The number of anilines is 1. The standard InChI is InChI=1S/C25H33N3O/c1-16(2)19-11-9-12-20(17(3)4)24(19)27-25(29)26-14-18(5)22-15-28(6)23-13-8-7-10-21(22)23/h7-13,15-18H,14H2,1-6H3,(H2,26,27,29). The molecule has 4 heteroatoms. The summed E-state index contributed by atoms with van der Waals surface area (Å²) in [6.45, 7) is 11.4. The Morgan fingerprint density at radius 3 is 2.14 bits per heavy atom. The van der Waals surface area contributed by atoms with Crippen LogP contribution in [0.15, 0.2) is 48.7 Å². The number of hydrogen-bond acceptors (Lipinski definition) is 1. The molecule has 0 aliphatic carbocycles. The Labute approximate surface area is 174 Å². The maximum absolute atomic E-state index is 12.7. The van der Waals surface area contributed by atoms with E-state index in [9.17, 15) is 4.79 Å². The Balaban J connectivity index is 1.73. The maximum Gasteiger partial charge on any atom is 0.319 e. The summed E-state index contributed by atoms with van der Waals surface area (Å²) in [6.07, 6.45) is 2.17. The van der Waals surface area contributed by atoms with Crippen molar-refractivity contribution in [2.45, 2.75) is 52.4 Å². The van der Waals surface area contributed by atoms with Gasteiger partial charge in [0.15, 0.2) is 0 Å². The monoisotopic (exact) mass is 391 g/mol. The molecule has 0 fully saturated rings. The number of amides is 2. The number of nitrogens with one attached hydrogen (secondary N) is 2. The van der Waals surface area contributed by atoms with E-state index in [1.165, 1.54) is 27.6 Å². The Kier molecular flexibility index (Phi) is 6.31. The Morgan fingerprint density at radius 1 is 0.897 bits per heavy atom. The van der Waals surface area contributed by atoms with Gasteiger partial charge in [-0.3, -0.25) is 0 Å². The van der Waals surface area contributed by atoms with Gasteiger partial charge in [0.05, 0.1) is 0 Å². The van der Waals surface area contributed by atoms with Crippen LogP contribution in [0.4, 0.5) is 10.5 Å². The van der Waals surface area contributed by atoms with E-state index in [1.807, 2.05) is 0 Å². The molecule has 154 valence electrons. The first-order chi connectivity index (χ1) is 13.8. The van der Waals surface area contributed by atoms with Crippen LogP contribution in [0.3, 0.4) is 0 Å². The van der Waals surface area contributed by atoms with Crippen LogP contribution in [0.5, 0.6) is 0 Å². The van der Waals surface area contributed by atoms with Crippen LogP contribution in [0, 0.1) is 0 Å². The first-order valence-electron chi connectivity index (χ1n) is 10.5. The third-order valence-electron chi connectivity index (χ3n) is 5.64. The molecule has 29 heavy (non-hydrogen) atoms. The zero-order chi connectivity index (χ0) is 21.1. The van der Waals surface area contributed by atoms with Crippen LogP contribution in [0.25, 0.3) is 10.9 Å². The molecule has 1 heterocycles. The minimum Gasteiger partial charge on any atom is -0.350 e. The van der Waals surface area contributed by atoms with Crippen molar-refractivity contribution in [1.29, 1.82) is 0 Å². The van der Waals surface area contributed by atoms with Gasteiger partial charge in [0.2, 0.25) is 0 Å². The van der Waals surface area contributed by atoms with E-state index in [1.54, 1.807) is 0 Å². The number of urea groups is 1. The van der Waals surface area contributed by atoms with E-state index in [0.29, 0.717) is 18.4 Å². The number of aryl methyl sites for hydroxylation is 1. The largest absolute Gasteiger partial charge is 0.350 e. The lowest BCUT2D eigenvalue weighted by Gasteiger charge is -2.21. The van der Waals surface area contributed by atoms with Crippen molar-refractivity contribution in [3.05, 3.63) is 65.4 Å². The molecule has 2 amide bonds. The Morgan fingerprint density at radius 2 is 1.52 bits per heavy atom. The average Bonchev–Trinajstić information content (AvgIpc) is 3.03. The number of para-hydroxylation sites is 2. The van der Waals surface area contributed by atoms with Gasteiger partial charge in [0.25, 0.3) is 0 Å². The predicted molar refractivity (Wildman–Crippen MR) is 123 cm³/mol. The summed E-state index contributed by atoms with van der Waals surface area (Å²) in [5.74, 6) is 0.911. The van der Waals surface area contributed by atoms with Gasteiger partial charge < -0.3 is 15.2 Å². The summed E-state index contributed by atoms with van der Waals surface area (Å²) in [4.78, 5) is 12.7. The Hall–Kier alpha value is -2.75. The van der Waals surface area contributed by atoms with E-state index in [0.717, 1.165) is 5.69 Å². The van der Waals surface area contributed by atoms with Crippen molar-refractivity contribution >= 4 is 22.6 Å². The van der Waals surface area contributed by atoms with Gasteiger partial charge in [-0.05, 0) is 34.6 Å². The second-order valence-corrected chi connectivity index (χ2v) is 8.57. The summed E-state index contributed by atoms with van der Waals surface area (Å²) in [5.41, 5.74) is 5.77. The molecule has 0 aliphatic rings. The molecule has 1 atom stereocenters. The molecule has 4 nitrogen and oxygen atoms in total. The molecule has 2 aromatic carbocycles. The normalized spacial score (nSPS) is 12.6. The highest BCUT2D eigenvalue weighted by Gasteiger charge is 2.17. The Bertz CT molecular complexity index is 974. The minimum absolute atomic E-state index is 0.146. The topological polar surface area (TPSA) is 46.1 Å². The fourth-order valence-electron chi connectivity index (χ4n) is 3.97. The fourth-order valence-corrected chi connectivity index (χ4v) is 3.97. The van der Waals surface area contributed by atoms with Crippen LogP contribution in [0.2, 0.25) is 0 Å². The van der Waals surface area contributed by atoms with Gasteiger partial charge >= 0.3 is 6.03 Å². The van der Waals surface area contributed by atoms with Crippen molar-refractivity contribution in [1.82, 2.24) is 9.88 Å². The lowest BCUT2D eigenvalue weighted by molar-refractivity contribution is 0.251. The van der Waals surface area contributed by atoms with Crippen LogP contribution >= 0.6 is 0 Å². The van der Waals surface area contributed by atoms with E-state index >= 15 is 0 Å². The lowest BCUT2D eigenvalue weighted by Crippen LogP contribution is -2.32. The van der Waals surface area contributed by atoms with Crippen molar-refractivity contribution in [2.24, 2.45) is 7.05 Å². The van der Waals surface area contributed by atoms with Crippen LogP contribution < -0.4 is 10.6 Å². The summed E-state index contributed by atoms with van der Waals surface area (Å²) < 4.78 is 2.15. The SMILES string of the molecule is CC(C)c1cccc(C(C)C)c1NC(=O)NCC(C)c1cn(C)c2ccccc12. The van der Waals surface area contributed by atoms with Crippen LogP contribution in [-0.2, 0) is 7.05 Å². The number of aromatic nitrogens is 1. The molecule has 0 spiro atoms. The number of fused-ring (bicyclic) bond motifs is 1. The van der Waals surface area contributed by atoms with Gasteiger partial charge in [-0.1, -0.05) is 71.0 Å². The number of benzene rings is 2. The molecule has 2 N–H and O–H groups in total. The number of carbonyl (C=O) groups excluding carboxylic acids is 1. The molecule has 3 rings (SSSR count). The maximum atomic E-state index is 12.7.